The molecule has 0 rings (SSSR count). The summed E-state index contributed by atoms with van der Waals surface area (Å²) in [5.74, 6) is 0.928. The van der Waals surface area contributed by atoms with Crippen LogP contribution in [0, 0.1) is 11.8 Å². The molecule has 0 fully saturated rings. The SMILES string of the molecule is CC(=O)OCC[C@@H](C)CCC=O.CCC[C@H](C)CCO. The van der Waals surface area contributed by atoms with Crippen LogP contribution in [0.5, 0.6) is 0 Å². The molecule has 4 nitrogen and oxygen atoms in total. The molecule has 0 bridgehead atoms. The monoisotopic (exact) mass is 288 g/mol. The van der Waals surface area contributed by atoms with Gasteiger partial charge in [0.1, 0.15) is 6.29 Å². The number of hydrogen-bond donors (Lipinski definition) is 1. The first-order chi connectivity index (χ1) is 9.47. The Morgan fingerprint density at radius 1 is 1.15 bits per heavy atom. The molecular formula is C16H32O4. The number of carbonyl (C=O) groups excluding carboxylic acids is 2. The number of aldehydes is 1. The molecule has 120 valence electrons. The molecule has 0 amide bonds. The summed E-state index contributed by atoms with van der Waals surface area (Å²) in [6, 6.07) is 0. The van der Waals surface area contributed by atoms with E-state index in [4.69, 9.17) is 9.84 Å². The molecule has 0 aliphatic rings. The summed E-state index contributed by atoms with van der Waals surface area (Å²) in [6.07, 6.45) is 6.69. The van der Waals surface area contributed by atoms with Crippen LogP contribution in [0.25, 0.3) is 0 Å². The first-order valence-corrected chi connectivity index (χ1v) is 7.65. The Hall–Kier alpha value is -0.900. The first kappa shape index (κ1) is 21.4. The molecule has 0 heterocycles. The van der Waals surface area contributed by atoms with Crippen LogP contribution in [-0.2, 0) is 14.3 Å². The summed E-state index contributed by atoms with van der Waals surface area (Å²) in [6.45, 7) is 8.62. The van der Waals surface area contributed by atoms with E-state index < -0.39 is 0 Å². The van der Waals surface area contributed by atoms with Crippen LogP contribution in [0.15, 0.2) is 0 Å². The van der Waals surface area contributed by atoms with Gasteiger partial charge < -0.3 is 14.6 Å². The van der Waals surface area contributed by atoms with E-state index in [2.05, 4.69) is 13.8 Å². The Morgan fingerprint density at radius 2 is 1.75 bits per heavy atom. The maximum absolute atomic E-state index is 10.4. The van der Waals surface area contributed by atoms with E-state index in [-0.39, 0.29) is 5.97 Å². The Labute approximate surface area is 123 Å². The lowest BCUT2D eigenvalue weighted by Crippen LogP contribution is -2.05. The van der Waals surface area contributed by atoms with E-state index in [1.54, 1.807) is 0 Å². The lowest BCUT2D eigenvalue weighted by molar-refractivity contribution is -0.141. The molecule has 0 saturated carbocycles. The molecule has 0 aromatic carbocycles. The number of esters is 1. The van der Waals surface area contributed by atoms with Gasteiger partial charge in [0.2, 0.25) is 0 Å². The number of rotatable bonds is 10. The molecule has 0 saturated heterocycles. The van der Waals surface area contributed by atoms with Crippen molar-refractivity contribution < 1.29 is 19.4 Å². The quantitative estimate of drug-likeness (QED) is 0.494. The van der Waals surface area contributed by atoms with Gasteiger partial charge in [0, 0.05) is 20.0 Å². The topological polar surface area (TPSA) is 63.6 Å². The second kappa shape index (κ2) is 16.2. The second-order valence-electron chi connectivity index (χ2n) is 5.38. The van der Waals surface area contributed by atoms with Gasteiger partial charge in [0.25, 0.3) is 0 Å². The van der Waals surface area contributed by atoms with Crippen LogP contribution in [-0.4, -0.2) is 30.6 Å². The highest BCUT2D eigenvalue weighted by atomic mass is 16.5. The zero-order valence-corrected chi connectivity index (χ0v) is 13.6. The van der Waals surface area contributed by atoms with Crippen molar-refractivity contribution in [3.63, 3.8) is 0 Å². The van der Waals surface area contributed by atoms with Gasteiger partial charge in [-0.1, -0.05) is 33.6 Å². The van der Waals surface area contributed by atoms with E-state index in [0.717, 1.165) is 25.5 Å². The Kier molecular flexibility index (Phi) is 17.3. The minimum absolute atomic E-state index is 0.238. The van der Waals surface area contributed by atoms with Crippen LogP contribution in [0.3, 0.4) is 0 Å². The molecule has 0 radical (unpaired) electrons. The van der Waals surface area contributed by atoms with E-state index in [9.17, 15) is 9.59 Å². The Morgan fingerprint density at radius 3 is 2.20 bits per heavy atom. The molecule has 1 N–H and O–H groups in total. The fourth-order valence-electron chi connectivity index (χ4n) is 1.76. The van der Waals surface area contributed by atoms with Crippen LogP contribution in [0.1, 0.15) is 66.2 Å². The van der Waals surface area contributed by atoms with Gasteiger partial charge in [0.05, 0.1) is 6.61 Å². The molecule has 0 aliphatic heterocycles. The third-order valence-electron chi connectivity index (χ3n) is 3.10. The predicted octanol–water partition coefficient (Wildman–Crippen LogP) is 3.36. The maximum Gasteiger partial charge on any atom is 0.302 e. The molecule has 2 atom stereocenters. The number of hydrogen-bond acceptors (Lipinski definition) is 4. The smallest absolute Gasteiger partial charge is 0.302 e. The molecule has 0 aromatic rings. The summed E-state index contributed by atoms with van der Waals surface area (Å²) < 4.78 is 4.77. The van der Waals surface area contributed by atoms with Crippen molar-refractivity contribution in [1.82, 2.24) is 0 Å². The van der Waals surface area contributed by atoms with Crippen molar-refractivity contribution in [2.75, 3.05) is 13.2 Å². The van der Waals surface area contributed by atoms with Gasteiger partial charge in [-0.2, -0.15) is 0 Å². The molecular weight excluding hydrogens is 256 g/mol. The first-order valence-electron chi connectivity index (χ1n) is 7.65. The lowest BCUT2D eigenvalue weighted by atomic mass is 10.0. The molecule has 4 heteroatoms. The van der Waals surface area contributed by atoms with Crippen LogP contribution in [0.2, 0.25) is 0 Å². The van der Waals surface area contributed by atoms with Gasteiger partial charge in [0.15, 0.2) is 0 Å². The normalized spacial score (nSPS) is 12.8. The fourth-order valence-corrected chi connectivity index (χ4v) is 1.76. The van der Waals surface area contributed by atoms with Crippen molar-refractivity contribution in [3.05, 3.63) is 0 Å². The molecule has 0 aliphatic carbocycles. The van der Waals surface area contributed by atoms with Crippen molar-refractivity contribution in [3.8, 4) is 0 Å². The van der Waals surface area contributed by atoms with E-state index in [1.165, 1.54) is 19.8 Å². The molecule has 0 aromatic heterocycles. The Balaban J connectivity index is 0. The zero-order chi connectivity index (χ0) is 15.8. The minimum atomic E-state index is -0.238. The number of aliphatic hydroxyl groups excluding tert-OH is 1. The standard InChI is InChI=1S/C9H16O3.C7H16O/c1-8(4-3-6-10)5-7-12-9(2)11;1-3-4-7(2)5-6-8/h6,8H,3-5,7H2,1-2H3;7-8H,3-6H2,1-2H3/t8-;7-/m00/s1. The van der Waals surface area contributed by atoms with Crippen molar-refractivity contribution in [2.24, 2.45) is 11.8 Å². The summed E-state index contributed by atoms with van der Waals surface area (Å²) in [5, 5.41) is 8.46. The summed E-state index contributed by atoms with van der Waals surface area (Å²) >= 11 is 0. The van der Waals surface area contributed by atoms with E-state index in [1.807, 2.05) is 6.92 Å². The largest absolute Gasteiger partial charge is 0.466 e. The predicted molar refractivity (Wildman–Crippen MR) is 81.5 cm³/mol. The highest BCUT2D eigenvalue weighted by molar-refractivity contribution is 5.65. The average Bonchev–Trinajstić information content (AvgIpc) is 2.37. The highest BCUT2D eigenvalue weighted by Gasteiger charge is 2.02. The third kappa shape index (κ3) is 19.4. The molecule has 0 unspecified atom stereocenters. The summed E-state index contributed by atoms with van der Waals surface area (Å²) in [4.78, 5) is 20.4. The number of ether oxygens (including phenoxy) is 1. The summed E-state index contributed by atoms with van der Waals surface area (Å²) in [5.41, 5.74) is 0. The number of carbonyl (C=O) groups is 2. The maximum atomic E-state index is 10.4. The van der Waals surface area contributed by atoms with Gasteiger partial charge in [-0.25, -0.2) is 0 Å². The third-order valence-corrected chi connectivity index (χ3v) is 3.10. The van der Waals surface area contributed by atoms with Gasteiger partial charge in [-0.05, 0) is 31.1 Å². The van der Waals surface area contributed by atoms with Gasteiger partial charge in [-0.3, -0.25) is 4.79 Å². The van der Waals surface area contributed by atoms with Gasteiger partial charge >= 0.3 is 5.97 Å². The van der Waals surface area contributed by atoms with E-state index in [0.29, 0.717) is 31.5 Å². The average molecular weight is 288 g/mol. The summed E-state index contributed by atoms with van der Waals surface area (Å²) in [7, 11) is 0. The Bertz CT molecular complexity index is 223. The van der Waals surface area contributed by atoms with Crippen molar-refractivity contribution in [1.29, 1.82) is 0 Å². The highest BCUT2D eigenvalue weighted by Crippen LogP contribution is 2.09. The van der Waals surface area contributed by atoms with Crippen LogP contribution < -0.4 is 0 Å². The zero-order valence-electron chi connectivity index (χ0n) is 13.6. The lowest BCUT2D eigenvalue weighted by Gasteiger charge is -2.08. The molecule has 0 spiro atoms. The number of aliphatic hydroxyl groups is 1. The fraction of sp³-hybridized carbons (Fsp3) is 0.875. The molecule has 20 heavy (non-hydrogen) atoms. The van der Waals surface area contributed by atoms with Gasteiger partial charge in [-0.15, -0.1) is 0 Å². The van der Waals surface area contributed by atoms with Crippen LogP contribution >= 0.6 is 0 Å². The second-order valence-corrected chi connectivity index (χ2v) is 5.38. The minimum Gasteiger partial charge on any atom is -0.466 e. The van der Waals surface area contributed by atoms with E-state index >= 15 is 0 Å². The van der Waals surface area contributed by atoms with Crippen LogP contribution in [0.4, 0.5) is 0 Å². The van der Waals surface area contributed by atoms with Crippen molar-refractivity contribution in [2.45, 2.75) is 66.2 Å². The van der Waals surface area contributed by atoms with Crippen molar-refractivity contribution >= 4 is 12.3 Å².